The van der Waals surface area contributed by atoms with E-state index in [0.717, 1.165) is 55.8 Å². The number of Topliss-reactive ketones (excluding diaryl/α,β-unsaturated/α-hetero) is 1. The van der Waals surface area contributed by atoms with Crippen LogP contribution in [0.4, 0.5) is 0 Å². The van der Waals surface area contributed by atoms with Crippen LogP contribution in [0.1, 0.15) is 42.0 Å². The number of nitrogens with zero attached hydrogens (tertiary/aromatic N) is 1. The highest BCUT2D eigenvalue weighted by Crippen LogP contribution is 2.50. The first kappa shape index (κ1) is 20.3. The van der Waals surface area contributed by atoms with Gasteiger partial charge in [0, 0.05) is 24.6 Å². The van der Waals surface area contributed by atoms with Crippen LogP contribution in [0.5, 0.6) is 17.2 Å². The lowest BCUT2D eigenvalue weighted by atomic mass is 9.68. The molecule has 0 bridgehead atoms. The third-order valence-corrected chi connectivity index (χ3v) is 7.24. The van der Waals surface area contributed by atoms with Crippen LogP contribution in [-0.4, -0.2) is 51.3 Å². The highest BCUT2D eigenvalue weighted by molar-refractivity contribution is 5.91. The van der Waals surface area contributed by atoms with E-state index in [4.69, 9.17) is 14.2 Å². The molecule has 0 saturated carbocycles. The summed E-state index contributed by atoms with van der Waals surface area (Å²) in [7, 11) is 3.77. The molecular formula is C25H30N2O4. The fraction of sp³-hybridized carbons (Fsp3) is 0.480. The number of carbonyl (C=O) groups excluding carboxylic acids is 1. The number of ether oxygens (including phenoxy) is 3. The zero-order valence-corrected chi connectivity index (χ0v) is 18.3. The van der Waals surface area contributed by atoms with Crippen molar-refractivity contribution in [3.05, 3.63) is 53.1 Å². The summed E-state index contributed by atoms with van der Waals surface area (Å²) in [6.45, 7) is 2.82. The summed E-state index contributed by atoms with van der Waals surface area (Å²) < 4.78 is 17.2. The second kappa shape index (κ2) is 8.17. The van der Waals surface area contributed by atoms with Crippen LogP contribution in [0.2, 0.25) is 0 Å². The number of fused-ring (bicyclic) bond motifs is 2. The molecule has 3 aliphatic heterocycles. The Kier molecular flexibility index (Phi) is 5.36. The third kappa shape index (κ3) is 3.38. The molecule has 0 unspecified atom stereocenters. The van der Waals surface area contributed by atoms with Crippen molar-refractivity contribution in [2.24, 2.45) is 0 Å². The van der Waals surface area contributed by atoms with Gasteiger partial charge in [0.15, 0.2) is 11.5 Å². The van der Waals surface area contributed by atoms with E-state index < -0.39 is 5.41 Å². The fourth-order valence-corrected chi connectivity index (χ4v) is 5.49. The minimum atomic E-state index is -0.436. The van der Waals surface area contributed by atoms with Crippen molar-refractivity contribution in [1.29, 1.82) is 0 Å². The number of piperidine rings is 1. The minimum absolute atomic E-state index is 0.0452. The topological polar surface area (TPSA) is 60.0 Å². The summed E-state index contributed by atoms with van der Waals surface area (Å²) in [5.74, 6) is 2.43. The van der Waals surface area contributed by atoms with Crippen molar-refractivity contribution < 1.29 is 19.0 Å². The third-order valence-electron chi connectivity index (χ3n) is 7.24. The lowest BCUT2D eigenvalue weighted by Gasteiger charge is -2.40. The summed E-state index contributed by atoms with van der Waals surface area (Å²) in [6.07, 6.45) is 3.01. The van der Waals surface area contributed by atoms with E-state index in [1.165, 1.54) is 5.56 Å². The van der Waals surface area contributed by atoms with Crippen molar-refractivity contribution in [3.63, 3.8) is 0 Å². The molecule has 1 saturated heterocycles. The van der Waals surface area contributed by atoms with Crippen molar-refractivity contribution >= 4 is 5.78 Å². The van der Waals surface area contributed by atoms with Gasteiger partial charge in [-0.1, -0.05) is 30.3 Å². The molecule has 0 amide bonds. The molecule has 6 heteroatoms. The van der Waals surface area contributed by atoms with Crippen molar-refractivity contribution in [3.8, 4) is 17.2 Å². The number of likely N-dealkylation sites (N-methyl/N-ethyl adjacent to an activating group) is 1. The smallest absolute Gasteiger partial charge is 0.231 e. The summed E-state index contributed by atoms with van der Waals surface area (Å²) in [4.78, 5) is 16.3. The predicted octanol–water partition coefficient (Wildman–Crippen LogP) is 3.23. The first-order valence-electron chi connectivity index (χ1n) is 11.1. The van der Waals surface area contributed by atoms with Gasteiger partial charge in [-0.3, -0.25) is 9.69 Å². The molecule has 31 heavy (non-hydrogen) atoms. The number of hydrogen-bond acceptors (Lipinski definition) is 6. The van der Waals surface area contributed by atoms with Crippen LogP contribution >= 0.6 is 0 Å². The number of carbonyl (C=O) groups is 1. The van der Waals surface area contributed by atoms with E-state index in [1.54, 1.807) is 7.11 Å². The van der Waals surface area contributed by atoms with Gasteiger partial charge in [0.05, 0.1) is 12.5 Å². The van der Waals surface area contributed by atoms with Crippen LogP contribution < -0.4 is 19.5 Å². The number of rotatable bonds is 5. The summed E-state index contributed by atoms with van der Waals surface area (Å²) in [5.41, 5.74) is 2.97. The molecule has 5 rings (SSSR count). The van der Waals surface area contributed by atoms with E-state index >= 15 is 0 Å². The maximum Gasteiger partial charge on any atom is 0.231 e. The van der Waals surface area contributed by atoms with Gasteiger partial charge < -0.3 is 19.5 Å². The quantitative estimate of drug-likeness (QED) is 0.798. The normalized spacial score (nSPS) is 22.1. The Morgan fingerprint density at radius 2 is 2.00 bits per heavy atom. The number of nitrogens with one attached hydrogen (secondary N) is 1. The van der Waals surface area contributed by atoms with E-state index in [1.807, 2.05) is 18.2 Å². The first-order chi connectivity index (χ1) is 15.1. The molecule has 6 nitrogen and oxygen atoms in total. The fourth-order valence-electron chi connectivity index (χ4n) is 5.49. The molecule has 1 atom stereocenters. The van der Waals surface area contributed by atoms with Crippen LogP contribution in [0, 0.1) is 0 Å². The maximum atomic E-state index is 14.0. The largest absolute Gasteiger partial charge is 0.492 e. The first-order valence-corrected chi connectivity index (χ1v) is 11.1. The Hall–Kier alpha value is -2.57. The molecule has 0 radical (unpaired) electrons. The summed E-state index contributed by atoms with van der Waals surface area (Å²) >= 11 is 0. The molecule has 3 heterocycles. The van der Waals surface area contributed by atoms with Crippen LogP contribution in [0.15, 0.2) is 36.4 Å². The molecule has 2 aromatic carbocycles. The summed E-state index contributed by atoms with van der Waals surface area (Å²) in [6, 6.07) is 12.3. The maximum absolute atomic E-state index is 14.0. The van der Waals surface area contributed by atoms with Gasteiger partial charge in [0.1, 0.15) is 5.78 Å². The molecule has 0 aromatic heterocycles. The molecule has 0 aliphatic carbocycles. The Morgan fingerprint density at radius 3 is 2.74 bits per heavy atom. The van der Waals surface area contributed by atoms with Gasteiger partial charge >= 0.3 is 0 Å². The van der Waals surface area contributed by atoms with Gasteiger partial charge in [-0.2, -0.15) is 0 Å². The molecule has 0 spiro atoms. The molecule has 1 N–H and O–H groups in total. The van der Waals surface area contributed by atoms with Crippen molar-refractivity contribution in [2.75, 3.05) is 40.6 Å². The SMILES string of the molecule is COc1c2c(cc3c1[C@@H](CC(=O)C1(c4ccccc4)CCNCC1)N(C)CC3)OCO2. The minimum Gasteiger partial charge on any atom is -0.492 e. The Morgan fingerprint density at radius 1 is 1.23 bits per heavy atom. The number of benzene rings is 2. The van der Waals surface area contributed by atoms with Gasteiger partial charge in [0.2, 0.25) is 12.5 Å². The zero-order valence-electron chi connectivity index (χ0n) is 18.3. The van der Waals surface area contributed by atoms with E-state index in [9.17, 15) is 4.79 Å². The molecule has 164 valence electrons. The molecule has 3 aliphatic rings. The standard InChI is InChI=1S/C25H30N2O4/c1-27-13-8-17-14-20-23(31-16-30-20)24(29-2)22(17)19(27)15-21(28)25(9-11-26-12-10-25)18-6-4-3-5-7-18/h3-7,14,19,26H,8-13,15-16H2,1-2H3/t19-/m1/s1. The van der Waals surface area contributed by atoms with Gasteiger partial charge in [-0.15, -0.1) is 0 Å². The molecule has 2 aromatic rings. The lowest BCUT2D eigenvalue weighted by molar-refractivity contribution is -0.127. The number of hydrogen-bond donors (Lipinski definition) is 1. The second-order valence-corrected chi connectivity index (χ2v) is 8.79. The summed E-state index contributed by atoms with van der Waals surface area (Å²) in [5, 5.41) is 3.43. The van der Waals surface area contributed by atoms with Crippen LogP contribution in [0.3, 0.4) is 0 Å². The van der Waals surface area contributed by atoms with E-state index in [-0.39, 0.29) is 12.8 Å². The van der Waals surface area contributed by atoms with Crippen molar-refractivity contribution in [2.45, 2.75) is 37.1 Å². The monoisotopic (exact) mass is 422 g/mol. The Balaban J connectivity index is 1.53. The highest BCUT2D eigenvalue weighted by atomic mass is 16.7. The molecule has 1 fully saturated rings. The zero-order chi connectivity index (χ0) is 21.4. The van der Waals surface area contributed by atoms with Crippen molar-refractivity contribution in [1.82, 2.24) is 10.2 Å². The molecular weight excluding hydrogens is 392 g/mol. The number of methoxy groups -OCH3 is 1. The average Bonchev–Trinajstić information content (AvgIpc) is 3.28. The Bertz CT molecular complexity index is 969. The average molecular weight is 423 g/mol. The van der Waals surface area contributed by atoms with Gasteiger partial charge in [0.25, 0.3) is 0 Å². The van der Waals surface area contributed by atoms with Gasteiger partial charge in [-0.25, -0.2) is 0 Å². The predicted molar refractivity (Wildman–Crippen MR) is 118 cm³/mol. The second-order valence-electron chi connectivity index (χ2n) is 8.79. The van der Waals surface area contributed by atoms with Crippen LogP contribution in [0.25, 0.3) is 0 Å². The van der Waals surface area contributed by atoms with E-state index in [2.05, 4.69) is 35.5 Å². The van der Waals surface area contributed by atoms with Crippen LogP contribution in [-0.2, 0) is 16.6 Å². The van der Waals surface area contributed by atoms with Gasteiger partial charge in [-0.05, 0) is 56.6 Å². The highest BCUT2D eigenvalue weighted by Gasteiger charge is 2.43. The Labute approximate surface area is 183 Å². The van der Waals surface area contributed by atoms with E-state index in [0.29, 0.717) is 23.7 Å². The lowest BCUT2D eigenvalue weighted by Crippen LogP contribution is -2.47. The number of ketones is 1.